The van der Waals surface area contributed by atoms with Gasteiger partial charge in [-0.3, -0.25) is 14.5 Å². The number of anilines is 1. The number of halogens is 2. The molecule has 0 unspecified atom stereocenters. The Balaban J connectivity index is 1.86. The lowest BCUT2D eigenvalue weighted by Crippen LogP contribution is -2.27. The first-order chi connectivity index (χ1) is 12.3. The SMILES string of the molecule is CC(=O)Oc1ccc(/C=C2/SC(=S)N(c3ccc(Cl)cc3Cl)C2=O)cc1. The summed E-state index contributed by atoms with van der Waals surface area (Å²) < 4.78 is 5.38. The van der Waals surface area contributed by atoms with Crippen molar-refractivity contribution in [1.29, 1.82) is 0 Å². The summed E-state index contributed by atoms with van der Waals surface area (Å²) >= 11 is 18.6. The van der Waals surface area contributed by atoms with Crippen molar-refractivity contribution in [3.8, 4) is 5.75 Å². The summed E-state index contributed by atoms with van der Waals surface area (Å²) in [4.78, 5) is 25.6. The van der Waals surface area contributed by atoms with E-state index in [-0.39, 0.29) is 5.91 Å². The van der Waals surface area contributed by atoms with Crippen LogP contribution < -0.4 is 9.64 Å². The summed E-state index contributed by atoms with van der Waals surface area (Å²) in [5.41, 5.74) is 1.27. The third-order valence-corrected chi connectivity index (χ3v) is 5.22. The van der Waals surface area contributed by atoms with E-state index < -0.39 is 5.97 Å². The van der Waals surface area contributed by atoms with Gasteiger partial charge in [0.05, 0.1) is 15.6 Å². The zero-order chi connectivity index (χ0) is 18.8. The number of hydrogen-bond donors (Lipinski definition) is 0. The molecular formula is C18H11Cl2NO3S2. The fourth-order valence-corrected chi connectivity index (χ4v) is 4.07. The van der Waals surface area contributed by atoms with E-state index in [9.17, 15) is 9.59 Å². The van der Waals surface area contributed by atoms with E-state index in [0.29, 0.717) is 30.7 Å². The minimum Gasteiger partial charge on any atom is -0.427 e. The maximum atomic E-state index is 12.8. The molecule has 0 saturated carbocycles. The average molecular weight is 424 g/mol. The highest BCUT2D eigenvalue weighted by Gasteiger charge is 2.34. The van der Waals surface area contributed by atoms with Gasteiger partial charge < -0.3 is 4.74 Å². The molecular weight excluding hydrogens is 413 g/mol. The largest absolute Gasteiger partial charge is 0.427 e. The monoisotopic (exact) mass is 423 g/mol. The quantitative estimate of drug-likeness (QED) is 0.289. The first-order valence-electron chi connectivity index (χ1n) is 7.36. The van der Waals surface area contributed by atoms with Gasteiger partial charge in [-0.15, -0.1) is 0 Å². The van der Waals surface area contributed by atoms with Crippen LogP contribution in [0.1, 0.15) is 12.5 Å². The van der Waals surface area contributed by atoms with E-state index in [1.165, 1.54) is 23.6 Å². The maximum absolute atomic E-state index is 12.8. The number of esters is 1. The number of ether oxygens (including phenoxy) is 1. The van der Waals surface area contributed by atoms with Crippen LogP contribution in [0.3, 0.4) is 0 Å². The lowest BCUT2D eigenvalue weighted by molar-refractivity contribution is -0.131. The number of carbonyl (C=O) groups excluding carboxylic acids is 2. The van der Waals surface area contributed by atoms with E-state index in [1.54, 1.807) is 48.5 Å². The Kier molecular flexibility index (Phi) is 5.67. The zero-order valence-corrected chi connectivity index (χ0v) is 16.5. The molecule has 1 heterocycles. The highest BCUT2D eigenvalue weighted by Crippen LogP contribution is 2.39. The first kappa shape index (κ1) is 18.9. The fourth-order valence-electron chi connectivity index (χ4n) is 2.29. The lowest BCUT2D eigenvalue weighted by atomic mass is 10.2. The Morgan fingerprint density at radius 1 is 1.19 bits per heavy atom. The molecule has 1 aliphatic rings. The Morgan fingerprint density at radius 3 is 2.50 bits per heavy atom. The summed E-state index contributed by atoms with van der Waals surface area (Å²) in [7, 11) is 0. The predicted molar refractivity (Wildman–Crippen MR) is 110 cm³/mol. The topological polar surface area (TPSA) is 46.6 Å². The second kappa shape index (κ2) is 7.80. The normalized spacial score (nSPS) is 15.7. The smallest absolute Gasteiger partial charge is 0.308 e. The van der Waals surface area contributed by atoms with Crippen molar-refractivity contribution in [2.45, 2.75) is 6.92 Å². The molecule has 1 amide bonds. The van der Waals surface area contributed by atoms with Crippen LogP contribution in [-0.2, 0) is 9.59 Å². The summed E-state index contributed by atoms with van der Waals surface area (Å²) in [6.45, 7) is 1.33. The third kappa shape index (κ3) is 4.10. The Morgan fingerprint density at radius 2 is 1.88 bits per heavy atom. The molecule has 132 valence electrons. The molecule has 0 radical (unpaired) electrons. The maximum Gasteiger partial charge on any atom is 0.308 e. The molecule has 0 aliphatic carbocycles. The number of amides is 1. The molecule has 2 aromatic rings. The number of hydrogen-bond acceptors (Lipinski definition) is 5. The van der Waals surface area contributed by atoms with Crippen molar-refractivity contribution in [2.24, 2.45) is 0 Å². The van der Waals surface area contributed by atoms with Crippen molar-refractivity contribution in [2.75, 3.05) is 4.90 Å². The second-order valence-electron chi connectivity index (χ2n) is 5.28. The van der Waals surface area contributed by atoms with Crippen molar-refractivity contribution in [3.05, 3.63) is 63.0 Å². The number of carbonyl (C=O) groups is 2. The van der Waals surface area contributed by atoms with Gasteiger partial charge in [-0.1, -0.05) is 59.3 Å². The van der Waals surface area contributed by atoms with Gasteiger partial charge in [0, 0.05) is 11.9 Å². The zero-order valence-electron chi connectivity index (χ0n) is 13.4. The number of benzene rings is 2. The van der Waals surface area contributed by atoms with Gasteiger partial charge in [-0.2, -0.15) is 0 Å². The summed E-state index contributed by atoms with van der Waals surface area (Å²) in [5.74, 6) is -0.207. The standard InChI is InChI=1S/C18H11Cl2NO3S2/c1-10(22)24-13-5-2-11(3-6-13)8-16-17(23)21(18(25)26-16)15-7-4-12(19)9-14(15)20/h2-9H,1H3/b16-8+. The third-order valence-electron chi connectivity index (χ3n) is 3.38. The molecule has 2 aromatic carbocycles. The van der Waals surface area contributed by atoms with Crippen LogP contribution in [0.4, 0.5) is 5.69 Å². The van der Waals surface area contributed by atoms with Crippen LogP contribution in [0.15, 0.2) is 47.4 Å². The molecule has 0 bridgehead atoms. The second-order valence-corrected chi connectivity index (χ2v) is 7.79. The average Bonchev–Trinajstić information content (AvgIpc) is 2.83. The number of thioether (sulfide) groups is 1. The van der Waals surface area contributed by atoms with Crippen LogP contribution >= 0.6 is 47.2 Å². The molecule has 1 saturated heterocycles. The van der Waals surface area contributed by atoms with Gasteiger partial charge in [0.1, 0.15) is 5.75 Å². The molecule has 1 fully saturated rings. The van der Waals surface area contributed by atoms with Gasteiger partial charge in [0.15, 0.2) is 4.32 Å². The van der Waals surface area contributed by atoms with Crippen LogP contribution in [0, 0.1) is 0 Å². The minimum absolute atomic E-state index is 0.256. The summed E-state index contributed by atoms with van der Waals surface area (Å²) in [6, 6.07) is 11.7. The highest BCUT2D eigenvalue weighted by atomic mass is 35.5. The Labute approximate surface area is 169 Å². The van der Waals surface area contributed by atoms with Gasteiger partial charge in [0.25, 0.3) is 5.91 Å². The van der Waals surface area contributed by atoms with Gasteiger partial charge in [-0.25, -0.2) is 0 Å². The minimum atomic E-state index is -0.390. The molecule has 8 heteroatoms. The number of rotatable bonds is 3. The molecule has 0 N–H and O–H groups in total. The molecule has 26 heavy (non-hydrogen) atoms. The van der Waals surface area contributed by atoms with Crippen molar-refractivity contribution in [3.63, 3.8) is 0 Å². The van der Waals surface area contributed by atoms with E-state index in [0.717, 1.165) is 5.56 Å². The fraction of sp³-hybridized carbons (Fsp3) is 0.0556. The van der Waals surface area contributed by atoms with Crippen molar-refractivity contribution in [1.82, 2.24) is 0 Å². The van der Waals surface area contributed by atoms with Gasteiger partial charge in [-0.05, 0) is 42.0 Å². The Bertz CT molecular complexity index is 942. The van der Waals surface area contributed by atoms with Gasteiger partial charge in [0.2, 0.25) is 0 Å². The highest BCUT2D eigenvalue weighted by molar-refractivity contribution is 8.27. The number of nitrogens with zero attached hydrogens (tertiary/aromatic N) is 1. The van der Waals surface area contributed by atoms with Crippen molar-refractivity contribution >= 4 is 75.1 Å². The van der Waals surface area contributed by atoms with Crippen LogP contribution in [0.5, 0.6) is 5.75 Å². The van der Waals surface area contributed by atoms with E-state index in [4.69, 9.17) is 40.2 Å². The number of thiocarbonyl (C=S) groups is 1. The first-order valence-corrected chi connectivity index (χ1v) is 9.35. The van der Waals surface area contributed by atoms with Crippen LogP contribution in [0.2, 0.25) is 10.0 Å². The summed E-state index contributed by atoms with van der Waals surface area (Å²) in [6.07, 6.45) is 1.72. The lowest BCUT2D eigenvalue weighted by Gasteiger charge is -2.16. The molecule has 0 spiro atoms. The van der Waals surface area contributed by atoms with Crippen LogP contribution in [-0.4, -0.2) is 16.2 Å². The van der Waals surface area contributed by atoms with E-state index >= 15 is 0 Å². The van der Waals surface area contributed by atoms with E-state index in [1.807, 2.05) is 0 Å². The van der Waals surface area contributed by atoms with Crippen molar-refractivity contribution < 1.29 is 14.3 Å². The predicted octanol–water partition coefficient (Wildman–Crippen LogP) is 5.32. The molecule has 4 nitrogen and oxygen atoms in total. The van der Waals surface area contributed by atoms with Gasteiger partial charge >= 0.3 is 5.97 Å². The molecule has 1 aliphatic heterocycles. The molecule has 0 aromatic heterocycles. The van der Waals surface area contributed by atoms with Crippen LogP contribution in [0.25, 0.3) is 6.08 Å². The Hall–Kier alpha value is -1.86. The van der Waals surface area contributed by atoms with E-state index in [2.05, 4.69) is 0 Å². The summed E-state index contributed by atoms with van der Waals surface area (Å²) in [5, 5.41) is 0.827. The molecule has 3 rings (SSSR count). The molecule has 0 atom stereocenters.